The standard InChI is InChI=1S/C16H26O2/c1-13(2)15(17)18-16(11-7-4-8-12-16)14-9-5-3-6-10-14/h14H,1,3-12H2,2H3. The Morgan fingerprint density at radius 1 is 1.06 bits per heavy atom. The predicted molar refractivity (Wildman–Crippen MR) is 73.3 cm³/mol. The second-order valence-electron chi connectivity index (χ2n) is 6.13. The molecule has 0 heterocycles. The van der Waals surface area contributed by atoms with E-state index in [2.05, 4.69) is 6.58 Å². The van der Waals surface area contributed by atoms with E-state index in [4.69, 9.17) is 4.74 Å². The van der Waals surface area contributed by atoms with Crippen LogP contribution in [0.2, 0.25) is 0 Å². The van der Waals surface area contributed by atoms with E-state index in [-0.39, 0.29) is 11.6 Å². The molecule has 0 saturated heterocycles. The second kappa shape index (κ2) is 5.90. The lowest BCUT2D eigenvalue weighted by Crippen LogP contribution is -2.45. The highest BCUT2D eigenvalue weighted by Gasteiger charge is 2.43. The number of ether oxygens (including phenoxy) is 1. The van der Waals surface area contributed by atoms with Gasteiger partial charge in [-0.2, -0.15) is 0 Å². The maximum atomic E-state index is 11.9. The maximum absolute atomic E-state index is 11.9. The zero-order chi connectivity index (χ0) is 13.0. The van der Waals surface area contributed by atoms with Crippen molar-refractivity contribution >= 4 is 5.97 Å². The molecule has 0 bridgehead atoms. The van der Waals surface area contributed by atoms with E-state index in [1.165, 1.54) is 51.4 Å². The molecular formula is C16H26O2. The highest BCUT2D eigenvalue weighted by atomic mass is 16.6. The number of rotatable bonds is 3. The van der Waals surface area contributed by atoms with Crippen molar-refractivity contribution in [3.8, 4) is 0 Å². The first-order chi connectivity index (χ1) is 8.64. The van der Waals surface area contributed by atoms with Crippen LogP contribution in [0.1, 0.15) is 71.1 Å². The molecule has 2 rings (SSSR count). The monoisotopic (exact) mass is 250 g/mol. The Morgan fingerprint density at radius 2 is 1.61 bits per heavy atom. The summed E-state index contributed by atoms with van der Waals surface area (Å²) in [5.74, 6) is 0.414. The van der Waals surface area contributed by atoms with Crippen LogP contribution in [-0.4, -0.2) is 11.6 Å². The van der Waals surface area contributed by atoms with E-state index >= 15 is 0 Å². The number of carbonyl (C=O) groups is 1. The lowest BCUT2D eigenvalue weighted by atomic mass is 9.69. The molecule has 18 heavy (non-hydrogen) atoms. The molecule has 0 aromatic heterocycles. The zero-order valence-electron chi connectivity index (χ0n) is 11.7. The molecular weight excluding hydrogens is 224 g/mol. The Labute approximate surface area is 111 Å². The highest BCUT2D eigenvalue weighted by molar-refractivity contribution is 5.87. The number of hydrogen-bond acceptors (Lipinski definition) is 2. The van der Waals surface area contributed by atoms with Crippen LogP contribution in [0.25, 0.3) is 0 Å². The fourth-order valence-electron chi connectivity index (χ4n) is 3.64. The van der Waals surface area contributed by atoms with Gasteiger partial charge in [-0.25, -0.2) is 4.79 Å². The van der Waals surface area contributed by atoms with E-state index in [1.807, 2.05) is 0 Å². The Bertz CT molecular complexity index is 307. The van der Waals surface area contributed by atoms with Gasteiger partial charge in [-0.3, -0.25) is 0 Å². The fraction of sp³-hybridized carbons (Fsp3) is 0.812. The fourth-order valence-corrected chi connectivity index (χ4v) is 3.64. The highest BCUT2D eigenvalue weighted by Crippen LogP contribution is 2.44. The van der Waals surface area contributed by atoms with E-state index in [0.29, 0.717) is 11.5 Å². The van der Waals surface area contributed by atoms with Gasteiger partial charge in [0.25, 0.3) is 0 Å². The van der Waals surface area contributed by atoms with Crippen LogP contribution in [-0.2, 0) is 9.53 Å². The minimum Gasteiger partial charge on any atom is -0.455 e. The SMILES string of the molecule is C=C(C)C(=O)OC1(C2CCCCC2)CCCCC1. The smallest absolute Gasteiger partial charge is 0.333 e. The summed E-state index contributed by atoms with van der Waals surface area (Å²) < 4.78 is 5.94. The third-order valence-corrected chi connectivity index (χ3v) is 4.69. The van der Waals surface area contributed by atoms with Crippen LogP contribution < -0.4 is 0 Å². The van der Waals surface area contributed by atoms with Crippen LogP contribution in [0.4, 0.5) is 0 Å². The van der Waals surface area contributed by atoms with Crippen molar-refractivity contribution in [2.75, 3.05) is 0 Å². The van der Waals surface area contributed by atoms with Crippen LogP contribution >= 0.6 is 0 Å². The van der Waals surface area contributed by atoms with Gasteiger partial charge < -0.3 is 4.74 Å². The van der Waals surface area contributed by atoms with Crippen LogP contribution in [0.3, 0.4) is 0 Å². The number of carbonyl (C=O) groups excluding carboxylic acids is 1. The van der Waals surface area contributed by atoms with Crippen LogP contribution in [0.5, 0.6) is 0 Å². The summed E-state index contributed by atoms with van der Waals surface area (Å²) in [6.45, 7) is 5.47. The zero-order valence-corrected chi connectivity index (χ0v) is 11.7. The molecule has 2 heteroatoms. The minimum atomic E-state index is -0.178. The topological polar surface area (TPSA) is 26.3 Å². The van der Waals surface area contributed by atoms with Gasteiger partial charge in [-0.05, 0) is 51.4 Å². The summed E-state index contributed by atoms with van der Waals surface area (Å²) in [5, 5.41) is 0. The van der Waals surface area contributed by atoms with Crippen molar-refractivity contribution in [2.45, 2.75) is 76.7 Å². The average molecular weight is 250 g/mol. The normalized spacial score (nSPS) is 24.5. The van der Waals surface area contributed by atoms with Gasteiger partial charge in [0, 0.05) is 5.57 Å². The van der Waals surface area contributed by atoms with Crippen LogP contribution in [0.15, 0.2) is 12.2 Å². The molecule has 0 amide bonds. The van der Waals surface area contributed by atoms with Gasteiger partial charge in [0.05, 0.1) is 0 Å². The lowest BCUT2D eigenvalue weighted by molar-refractivity contribution is -0.168. The Kier molecular flexibility index (Phi) is 4.47. The van der Waals surface area contributed by atoms with E-state index in [1.54, 1.807) is 6.92 Å². The molecule has 0 aliphatic heterocycles. The van der Waals surface area contributed by atoms with Crippen molar-refractivity contribution < 1.29 is 9.53 Å². The average Bonchev–Trinajstić information content (AvgIpc) is 2.40. The third kappa shape index (κ3) is 2.96. The molecule has 102 valence electrons. The quantitative estimate of drug-likeness (QED) is 0.548. The molecule has 2 fully saturated rings. The van der Waals surface area contributed by atoms with Gasteiger partial charge in [-0.15, -0.1) is 0 Å². The summed E-state index contributed by atoms with van der Waals surface area (Å²) in [4.78, 5) is 11.9. The van der Waals surface area contributed by atoms with Gasteiger partial charge in [0.2, 0.25) is 0 Å². The summed E-state index contributed by atoms with van der Waals surface area (Å²) >= 11 is 0. The molecule has 2 nitrogen and oxygen atoms in total. The molecule has 2 aliphatic carbocycles. The number of esters is 1. The maximum Gasteiger partial charge on any atom is 0.333 e. The molecule has 0 N–H and O–H groups in total. The van der Waals surface area contributed by atoms with E-state index < -0.39 is 0 Å². The lowest BCUT2D eigenvalue weighted by Gasteiger charge is -2.44. The minimum absolute atomic E-state index is 0.158. The molecule has 2 saturated carbocycles. The molecule has 0 spiro atoms. The van der Waals surface area contributed by atoms with Gasteiger partial charge >= 0.3 is 5.97 Å². The first kappa shape index (κ1) is 13.6. The first-order valence-corrected chi connectivity index (χ1v) is 7.53. The van der Waals surface area contributed by atoms with Crippen molar-refractivity contribution in [1.29, 1.82) is 0 Å². The van der Waals surface area contributed by atoms with Gasteiger partial charge in [-0.1, -0.05) is 32.3 Å². The summed E-state index contributed by atoms with van der Waals surface area (Å²) in [6, 6.07) is 0. The van der Waals surface area contributed by atoms with Gasteiger partial charge in [0.1, 0.15) is 5.60 Å². The number of hydrogen-bond donors (Lipinski definition) is 0. The predicted octanol–water partition coefficient (Wildman–Crippen LogP) is 4.39. The molecule has 0 radical (unpaired) electrons. The van der Waals surface area contributed by atoms with E-state index in [9.17, 15) is 4.79 Å². The Hall–Kier alpha value is -0.790. The van der Waals surface area contributed by atoms with Crippen molar-refractivity contribution in [3.05, 3.63) is 12.2 Å². The molecule has 0 unspecified atom stereocenters. The second-order valence-corrected chi connectivity index (χ2v) is 6.13. The molecule has 2 aliphatic rings. The molecule has 0 aromatic rings. The Morgan fingerprint density at radius 3 is 2.17 bits per heavy atom. The third-order valence-electron chi connectivity index (χ3n) is 4.69. The van der Waals surface area contributed by atoms with Crippen molar-refractivity contribution in [2.24, 2.45) is 5.92 Å². The van der Waals surface area contributed by atoms with Gasteiger partial charge in [0.15, 0.2) is 0 Å². The molecule has 0 atom stereocenters. The van der Waals surface area contributed by atoms with Crippen molar-refractivity contribution in [3.63, 3.8) is 0 Å². The molecule has 0 aromatic carbocycles. The van der Waals surface area contributed by atoms with Crippen molar-refractivity contribution in [1.82, 2.24) is 0 Å². The largest absolute Gasteiger partial charge is 0.455 e. The summed E-state index contributed by atoms with van der Waals surface area (Å²) in [5.41, 5.74) is 0.380. The first-order valence-electron chi connectivity index (χ1n) is 7.53. The summed E-state index contributed by atoms with van der Waals surface area (Å²) in [6.07, 6.45) is 12.3. The summed E-state index contributed by atoms with van der Waals surface area (Å²) in [7, 11) is 0. The van der Waals surface area contributed by atoms with E-state index in [0.717, 1.165) is 12.8 Å². The van der Waals surface area contributed by atoms with Crippen LogP contribution in [0, 0.1) is 5.92 Å². The Balaban J connectivity index is 2.10.